The van der Waals surface area contributed by atoms with Gasteiger partial charge in [-0.1, -0.05) is 13.0 Å². The highest BCUT2D eigenvalue weighted by molar-refractivity contribution is 5.74. The van der Waals surface area contributed by atoms with Crippen molar-refractivity contribution in [1.29, 1.82) is 0 Å². The summed E-state index contributed by atoms with van der Waals surface area (Å²) in [6, 6.07) is 0.0669. The van der Waals surface area contributed by atoms with E-state index in [9.17, 15) is 4.79 Å². The molecule has 2 aliphatic heterocycles. The van der Waals surface area contributed by atoms with Crippen molar-refractivity contribution in [2.45, 2.75) is 45.6 Å². The minimum Gasteiger partial charge on any atom is -0.424 e. The molecule has 0 aliphatic carbocycles. The van der Waals surface area contributed by atoms with E-state index in [2.05, 4.69) is 26.5 Å². The Morgan fingerprint density at radius 3 is 2.75 bits per heavy atom. The Labute approximate surface area is 143 Å². The number of amides is 2. The Morgan fingerprint density at radius 1 is 1.21 bits per heavy atom. The van der Waals surface area contributed by atoms with Crippen molar-refractivity contribution in [3.05, 3.63) is 23.4 Å². The molecular weight excluding hydrogens is 306 g/mol. The molecule has 1 N–H and O–H groups in total. The summed E-state index contributed by atoms with van der Waals surface area (Å²) in [5, 5.41) is 11.2. The highest BCUT2D eigenvalue weighted by Crippen LogP contribution is 2.13. The van der Waals surface area contributed by atoms with Crippen molar-refractivity contribution < 1.29 is 9.21 Å². The molecule has 1 fully saturated rings. The van der Waals surface area contributed by atoms with Crippen LogP contribution >= 0.6 is 0 Å². The van der Waals surface area contributed by atoms with Crippen molar-refractivity contribution >= 4 is 6.03 Å². The van der Waals surface area contributed by atoms with Crippen molar-refractivity contribution in [1.82, 2.24) is 25.3 Å². The number of piperidine rings is 1. The molecule has 0 saturated carbocycles. The van der Waals surface area contributed by atoms with Crippen LogP contribution in [-0.4, -0.2) is 58.8 Å². The SMILES string of the molecule is CCc1nnc(CN2CCC=C(CNC(=O)N3CCCCC3)C2)o1. The molecule has 7 heteroatoms. The fourth-order valence-electron chi connectivity index (χ4n) is 3.23. The van der Waals surface area contributed by atoms with E-state index in [1.54, 1.807) is 0 Å². The maximum Gasteiger partial charge on any atom is 0.317 e. The van der Waals surface area contributed by atoms with Crippen LogP contribution in [0, 0.1) is 0 Å². The molecule has 1 aromatic heterocycles. The standard InChI is InChI=1S/C17H27N5O2/c1-2-15-19-20-16(24-15)13-21-8-6-7-14(12-21)11-18-17(23)22-9-4-3-5-10-22/h7H,2-6,8-13H2,1H3,(H,18,23). The van der Waals surface area contributed by atoms with Gasteiger partial charge in [-0.05, 0) is 31.3 Å². The second-order valence-electron chi connectivity index (χ2n) is 6.51. The number of nitrogens with zero attached hydrogens (tertiary/aromatic N) is 4. The molecule has 0 spiro atoms. The summed E-state index contributed by atoms with van der Waals surface area (Å²) in [6.45, 7) is 6.88. The lowest BCUT2D eigenvalue weighted by Crippen LogP contribution is -2.44. The monoisotopic (exact) mass is 333 g/mol. The third-order valence-corrected chi connectivity index (χ3v) is 4.59. The molecule has 24 heavy (non-hydrogen) atoms. The zero-order valence-electron chi connectivity index (χ0n) is 14.5. The first-order valence-corrected chi connectivity index (χ1v) is 8.99. The lowest BCUT2D eigenvalue weighted by Gasteiger charge is -2.29. The van der Waals surface area contributed by atoms with Gasteiger partial charge in [0, 0.05) is 39.1 Å². The fraction of sp³-hybridized carbons (Fsp3) is 0.706. The van der Waals surface area contributed by atoms with E-state index < -0.39 is 0 Å². The number of hydrogen-bond acceptors (Lipinski definition) is 5. The van der Waals surface area contributed by atoms with E-state index >= 15 is 0 Å². The Bertz CT molecular complexity index is 577. The molecule has 1 aromatic rings. The van der Waals surface area contributed by atoms with Crippen LogP contribution in [-0.2, 0) is 13.0 Å². The van der Waals surface area contributed by atoms with Crippen LogP contribution < -0.4 is 5.32 Å². The lowest BCUT2D eigenvalue weighted by atomic mass is 10.1. The molecule has 3 heterocycles. The van der Waals surface area contributed by atoms with Gasteiger partial charge in [0.2, 0.25) is 11.8 Å². The Morgan fingerprint density at radius 2 is 2.00 bits per heavy atom. The van der Waals surface area contributed by atoms with Gasteiger partial charge >= 0.3 is 6.03 Å². The zero-order valence-corrected chi connectivity index (χ0v) is 14.5. The quantitative estimate of drug-likeness (QED) is 0.834. The minimum atomic E-state index is 0.0669. The zero-order chi connectivity index (χ0) is 16.8. The number of urea groups is 1. The summed E-state index contributed by atoms with van der Waals surface area (Å²) in [5.74, 6) is 1.36. The largest absolute Gasteiger partial charge is 0.424 e. The average Bonchev–Trinajstić information content (AvgIpc) is 3.08. The van der Waals surface area contributed by atoms with Crippen LogP contribution in [0.3, 0.4) is 0 Å². The number of hydrogen-bond donors (Lipinski definition) is 1. The van der Waals surface area contributed by atoms with Gasteiger partial charge < -0.3 is 14.6 Å². The van der Waals surface area contributed by atoms with E-state index in [0.717, 1.165) is 51.9 Å². The van der Waals surface area contributed by atoms with Crippen LogP contribution in [0.5, 0.6) is 0 Å². The number of aryl methyl sites for hydroxylation is 1. The van der Waals surface area contributed by atoms with Gasteiger partial charge in [0.15, 0.2) is 0 Å². The molecule has 0 unspecified atom stereocenters. The Balaban J connectivity index is 1.44. The lowest BCUT2D eigenvalue weighted by molar-refractivity contribution is 0.186. The second kappa shape index (κ2) is 8.28. The highest BCUT2D eigenvalue weighted by Gasteiger charge is 2.19. The summed E-state index contributed by atoms with van der Waals surface area (Å²) in [6.07, 6.45) is 7.46. The van der Waals surface area contributed by atoms with E-state index in [1.807, 2.05) is 11.8 Å². The van der Waals surface area contributed by atoms with Crippen LogP contribution in [0.1, 0.15) is 44.4 Å². The van der Waals surface area contributed by atoms with Crippen molar-refractivity contribution in [3.63, 3.8) is 0 Å². The normalized spacial score (nSPS) is 19.2. The Kier molecular flexibility index (Phi) is 5.85. The summed E-state index contributed by atoms with van der Waals surface area (Å²) in [4.78, 5) is 16.4. The van der Waals surface area contributed by atoms with Crippen LogP contribution in [0.2, 0.25) is 0 Å². The van der Waals surface area contributed by atoms with Gasteiger partial charge in [-0.3, -0.25) is 4.90 Å². The molecular formula is C17H27N5O2. The number of rotatable bonds is 5. The van der Waals surface area contributed by atoms with E-state index in [0.29, 0.717) is 24.9 Å². The average molecular weight is 333 g/mol. The third kappa shape index (κ3) is 4.56. The number of likely N-dealkylation sites (tertiary alicyclic amines) is 1. The van der Waals surface area contributed by atoms with Gasteiger partial charge in [-0.15, -0.1) is 10.2 Å². The first-order valence-electron chi connectivity index (χ1n) is 8.99. The van der Waals surface area contributed by atoms with Crippen LogP contribution in [0.25, 0.3) is 0 Å². The van der Waals surface area contributed by atoms with Crippen molar-refractivity contribution in [3.8, 4) is 0 Å². The van der Waals surface area contributed by atoms with Gasteiger partial charge in [0.25, 0.3) is 0 Å². The molecule has 7 nitrogen and oxygen atoms in total. The smallest absolute Gasteiger partial charge is 0.317 e. The summed E-state index contributed by atoms with van der Waals surface area (Å²) < 4.78 is 5.59. The van der Waals surface area contributed by atoms with Crippen molar-refractivity contribution in [2.75, 3.05) is 32.7 Å². The summed E-state index contributed by atoms with van der Waals surface area (Å²) >= 11 is 0. The molecule has 0 bridgehead atoms. The molecule has 3 rings (SSSR count). The molecule has 1 saturated heterocycles. The molecule has 0 radical (unpaired) electrons. The number of aromatic nitrogens is 2. The van der Waals surface area contributed by atoms with E-state index in [-0.39, 0.29) is 6.03 Å². The highest BCUT2D eigenvalue weighted by atomic mass is 16.4. The van der Waals surface area contributed by atoms with Crippen LogP contribution in [0.4, 0.5) is 4.79 Å². The third-order valence-electron chi connectivity index (χ3n) is 4.59. The first kappa shape index (κ1) is 17.0. The summed E-state index contributed by atoms with van der Waals surface area (Å²) in [5.41, 5.74) is 1.25. The van der Waals surface area contributed by atoms with Gasteiger partial charge in [-0.2, -0.15) is 0 Å². The molecule has 2 amide bonds. The van der Waals surface area contributed by atoms with Crippen molar-refractivity contribution in [2.24, 2.45) is 0 Å². The summed E-state index contributed by atoms with van der Waals surface area (Å²) in [7, 11) is 0. The van der Waals surface area contributed by atoms with E-state index in [1.165, 1.54) is 12.0 Å². The maximum absolute atomic E-state index is 12.2. The van der Waals surface area contributed by atoms with Gasteiger partial charge in [-0.25, -0.2) is 4.79 Å². The predicted octanol–water partition coefficient (Wildman–Crippen LogP) is 1.96. The fourth-order valence-corrected chi connectivity index (χ4v) is 3.23. The van der Waals surface area contributed by atoms with E-state index in [4.69, 9.17) is 4.42 Å². The van der Waals surface area contributed by atoms with Crippen LogP contribution in [0.15, 0.2) is 16.1 Å². The predicted molar refractivity (Wildman–Crippen MR) is 90.5 cm³/mol. The molecule has 0 atom stereocenters. The number of carbonyl (C=O) groups excluding carboxylic acids is 1. The maximum atomic E-state index is 12.2. The van der Waals surface area contributed by atoms with Gasteiger partial charge in [0.1, 0.15) is 0 Å². The number of nitrogens with one attached hydrogen (secondary N) is 1. The molecule has 0 aromatic carbocycles. The second-order valence-corrected chi connectivity index (χ2v) is 6.51. The topological polar surface area (TPSA) is 74.5 Å². The van der Waals surface area contributed by atoms with Gasteiger partial charge in [0.05, 0.1) is 6.54 Å². The number of carbonyl (C=O) groups is 1. The molecule has 132 valence electrons. The Hall–Kier alpha value is -1.89. The minimum absolute atomic E-state index is 0.0669. The first-order chi connectivity index (χ1) is 11.7. The molecule has 2 aliphatic rings.